The Balaban J connectivity index is 2.20. The lowest BCUT2D eigenvalue weighted by molar-refractivity contribution is -0.114. The lowest BCUT2D eigenvalue weighted by Gasteiger charge is -2.22. The molecule has 2 N–H and O–H groups in total. The van der Waals surface area contributed by atoms with Gasteiger partial charge in [0.25, 0.3) is 0 Å². The van der Waals surface area contributed by atoms with E-state index in [0.717, 1.165) is 17.1 Å². The van der Waals surface area contributed by atoms with Gasteiger partial charge in [-0.05, 0) is 43.7 Å². The molecular formula is C19H26N2O4. The Kier molecular flexibility index (Phi) is 6.61. The molecule has 0 unspecified atom stereocenters. The summed E-state index contributed by atoms with van der Waals surface area (Å²) in [5.74, 6) is 2.19. The molecular weight excluding hydrogens is 320 g/mol. The maximum absolute atomic E-state index is 11.4. The fourth-order valence-electron chi connectivity index (χ4n) is 2.70. The molecule has 1 amide bonds. The first-order chi connectivity index (χ1) is 11.9. The Morgan fingerprint density at radius 1 is 1.24 bits per heavy atom. The van der Waals surface area contributed by atoms with Crippen LogP contribution in [-0.2, 0) is 9.53 Å². The fourth-order valence-corrected chi connectivity index (χ4v) is 2.70. The number of rotatable bonds is 8. The molecule has 6 heteroatoms. The highest BCUT2D eigenvalue weighted by molar-refractivity contribution is 5.90. The van der Waals surface area contributed by atoms with Crippen LogP contribution in [-0.4, -0.2) is 26.7 Å². The number of nitrogens with one attached hydrogen (secondary N) is 2. The van der Waals surface area contributed by atoms with Crippen molar-refractivity contribution in [3.05, 3.63) is 47.4 Å². The third-order valence-electron chi connectivity index (χ3n) is 3.92. The van der Waals surface area contributed by atoms with E-state index in [1.54, 1.807) is 14.2 Å². The maximum Gasteiger partial charge on any atom is 0.221 e. The molecule has 0 aliphatic carbocycles. The van der Waals surface area contributed by atoms with Crippen molar-refractivity contribution in [1.29, 1.82) is 0 Å². The zero-order valence-electron chi connectivity index (χ0n) is 15.4. The van der Waals surface area contributed by atoms with Crippen LogP contribution in [0.1, 0.15) is 43.0 Å². The molecule has 0 fully saturated rings. The topological polar surface area (TPSA) is 72.7 Å². The predicted octanol–water partition coefficient (Wildman–Crippen LogP) is 3.59. The summed E-state index contributed by atoms with van der Waals surface area (Å²) < 4.78 is 16.3. The van der Waals surface area contributed by atoms with E-state index < -0.39 is 0 Å². The molecule has 25 heavy (non-hydrogen) atoms. The summed E-state index contributed by atoms with van der Waals surface area (Å²) in [6.45, 7) is 5.94. The van der Waals surface area contributed by atoms with Gasteiger partial charge in [0.15, 0.2) is 0 Å². The van der Waals surface area contributed by atoms with E-state index in [1.165, 1.54) is 6.92 Å². The summed E-state index contributed by atoms with van der Waals surface area (Å²) in [6, 6.07) is 9.57. The minimum Gasteiger partial charge on any atom is -0.495 e. The number of anilines is 1. The smallest absolute Gasteiger partial charge is 0.221 e. The van der Waals surface area contributed by atoms with Crippen molar-refractivity contribution in [2.45, 2.75) is 32.9 Å². The van der Waals surface area contributed by atoms with E-state index in [-0.39, 0.29) is 18.0 Å². The number of hydrogen-bond donors (Lipinski definition) is 2. The largest absolute Gasteiger partial charge is 0.495 e. The molecule has 1 heterocycles. The van der Waals surface area contributed by atoms with Crippen LogP contribution in [0.2, 0.25) is 0 Å². The van der Waals surface area contributed by atoms with Gasteiger partial charge < -0.3 is 19.2 Å². The van der Waals surface area contributed by atoms with Gasteiger partial charge in [-0.15, -0.1) is 0 Å². The molecule has 0 bridgehead atoms. The summed E-state index contributed by atoms with van der Waals surface area (Å²) in [4.78, 5) is 11.4. The number of aryl methyl sites for hydroxylation is 1. The van der Waals surface area contributed by atoms with Gasteiger partial charge in [0.1, 0.15) is 17.3 Å². The Morgan fingerprint density at radius 2 is 2.00 bits per heavy atom. The summed E-state index contributed by atoms with van der Waals surface area (Å²) in [7, 11) is 3.24. The number of hydrogen-bond acceptors (Lipinski definition) is 5. The summed E-state index contributed by atoms with van der Waals surface area (Å²) >= 11 is 0. The number of carbonyl (C=O) groups excluding carboxylic acids is 1. The number of benzene rings is 1. The quantitative estimate of drug-likeness (QED) is 0.764. The maximum atomic E-state index is 11.4. The first kappa shape index (κ1) is 19.0. The number of carbonyl (C=O) groups is 1. The van der Waals surface area contributed by atoms with Crippen molar-refractivity contribution >= 4 is 11.6 Å². The van der Waals surface area contributed by atoms with E-state index in [2.05, 4.69) is 17.6 Å². The second kappa shape index (κ2) is 8.69. The van der Waals surface area contributed by atoms with Gasteiger partial charge in [-0.3, -0.25) is 10.1 Å². The molecule has 1 aromatic carbocycles. The van der Waals surface area contributed by atoms with Gasteiger partial charge in [-0.1, -0.05) is 6.07 Å². The second-order valence-corrected chi connectivity index (χ2v) is 5.99. The molecule has 0 saturated heterocycles. The molecule has 6 nitrogen and oxygen atoms in total. The van der Waals surface area contributed by atoms with Crippen molar-refractivity contribution in [3.63, 3.8) is 0 Å². The standard InChI is InChI=1S/C19H26N2O4/c1-12-6-8-19(25-12)17(11-23-4)20-13(2)15-7-9-18(24-5)16(10-15)21-14(3)22/h6-10,13,17,20H,11H2,1-5H3,(H,21,22)/t13-,17-/m1/s1. The van der Waals surface area contributed by atoms with Crippen molar-refractivity contribution < 1.29 is 18.7 Å². The van der Waals surface area contributed by atoms with Gasteiger partial charge in [-0.2, -0.15) is 0 Å². The van der Waals surface area contributed by atoms with Crippen LogP contribution in [0.5, 0.6) is 5.75 Å². The highest BCUT2D eigenvalue weighted by atomic mass is 16.5. The molecule has 0 aliphatic heterocycles. The lowest BCUT2D eigenvalue weighted by atomic mass is 10.1. The third kappa shape index (κ3) is 5.08. The van der Waals surface area contributed by atoms with E-state index in [9.17, 15) is 4.79 Å². The Hall–Kier alpha value is -2.31. The van der Waals surface area contributed by atoms with Crippen LogP contribution in [0, 0.1) is 6.92 Å². The molecule has 0 saturated carbocycles. The normalized spacial score (nSPS) is 13.3. The van der Waals surface area contributed by atoms with Gasteiger partial charge in [0.2, 0.25) is 5.91 Å². The van der Waals surface area contributed by atoms with E-state index in [0.29, 0.717) is 18.0 Å². The van der Waals surface area contributed by atoms with E-state index in [4.69, 9.17) is 13.9 Å². The average Bonchev–Trinajstić information content (AvgIpc) is 3.00. The van der Waals surface area contributed by atoms with E-state index in [1.807, 2.05) is 37.3 Å². The summed E-state index contributed by atoms with van der Waals surface area (Å²) in [5.41, 5.74) is 1.67. The zero-order chi connectivity index (χ0) is 18.4. The first-order valence-corrected chi connectivity index (χ1v) is 8.21. The SMILES string of the molecule is COC[C@@H](N[C@H](C)c1ccc(OC)c(NC(C)=O)c1)c1ccc(C)o1. The monoisotopic (exact) mass is 346 g/mol. The predicted molar refractivity (Wildman–Crippen MR) is 96.9 cm³/mol. The summed E-state index contributed by atoms with van der Waals surface area (Å²) in [5, 5.41) is 6.31. The molecule has 2 aromatic rings. The van der Waals surface area contributed by atoms with Crippen molar-refractivity contribution in [2.24, 2.45) is 0 Å². The van der Waals surface area contributed by atoms with Gasteiger partial charge in [-0.25, -0.2) is 0 Å². The van der Waals surface area contributed by atoms with Crippen LogP contribution in [0.3, 0.4) is 0 Å². The van der Waals surface area contributed by atoms with Crippen LogP contribution in [0.4, 0.5) is 5.69 Å². The average molecular weight is 346 g/mol. The lowest BCUT2D eigenvalue weighted by Crippen LogP contribution is -2.27. The second-order valence-electron chi connectivity index (χ2n) is 5.99. The molecule has 0 aliphatic rings. The zero-order valence-corrected chi connectivity index (χ0v) is 15.4. The first-order valence-electron chi connectivity index (χ1n) is 8.21. The Bertz CT molecular complexity index is 711. The van der Waals surface area contributed by atoms with Crippen molar-refractivity contribution in [2.75, 3.05) is 26.1 Å². The van der Waals surface area contributed by atoms with Crippen LogP contribution < -0.4 is 15.4 Å². The number of amides is 1. The molecule has 0 spiro atoms. The van der Waals surface area contributed by atoms with Crippen LogP contribution >= 0.6 is 0 Å². The van der Waals surface area contributed by atoms with Gasteiger partial charge in [0, 0.05) is 20.1 Å². The molecule has 2 rings (SSSR count). The molecule has 0 radical (unpaired) electrons. The molecule has 1 aromatic heterocycles. The van der Waals surface area contributed by atoms with Crippen molar-refractivity contribution in [1.82, 2.24) is 5.32 Å². The minimum absolute atomic E-state index is 0.0176. The molecule has 136 valence electrons. The highest BCUT2D eigenvalue weighted by Crippen LogP contribution is 2.29. The number of methoxy groups -OCH3 is 2. The fraction of sp³-hybridized carbons (Fsp3) is 0.421. The summed E-state index contributed by atoms with van der Waals surface area (Å²) in [6.07, 6.45) is 0. The Morgan fingerprint density at radius 3 is 2.56 bits per heavy atom. The van der Waals surface area contributed by atoms with Gasteiger partial charge in [0.05, 0.1) is 25.4 Å². The number of ether oxygens (including phenoxy) is 2. The molecule has 2 atom stereocenters. The van der Waals surface area contributed by atoms with Gasteiger partial charge >= 0.3 is 0 Å². The third-order valence-corrected chi connectivity index (χ3v) is 3.92. The Labute approximate surface area is 148 Å². The van der Waals surface area contributed by atoms with Crippen LogP contribution in [0.25, 0.3) is 0 Å². The number of furan rings is 1. The highest BCUT2D eigenvalue weighted by Gasteiger charge is 2.19. The van der Waals surface area contributed by atoms with Crippen LogP contribution in [0.15, 0.2) is 34.7 Å². The van der Waals surface area contributed by atoms with Crippen molar-refractivity contribution in [3.8, 4) is 5.75 Å². The minimum atomic E-state index is -0.139. The van der Waals surface area contributed by atoms with E-state index >= 15 is 0 Å².